The molecule has 2 aromatic rings. The first-order valence-corrected chi connectivity index (χ1v) is 6.66. The molecular formula is C16H18FN3O. The van der Waals surface area contributed by atoms with Crippen LogP contribution in [-0.4, -0.2) is 11.0 Å². The SMILES string of the molecule is CC(NCc1ccc(C(N)=NO)cc1)c1cccc(F)c1. The zero-order valence-corrected chi connectivity index (χ0v) is 11.8. The van der Waals surface area contributed by atoms with Crippen molar-refractivity contribution in [2.45, 2.75) is 19.5 Å². The van der Waals surface area contributed by atoms with Gasteiger partial charge >= 0.3 is 0 Å². The summed E-state index contributed by atoms with van der Waals surface area (Å²) in [5.41, 5.74) is 8.14. The first-order chi connectivity index (χ1) is 10.1. The number of nitrogens with zero attached hydrogens (tertiary/aromatic N) is 1. The highest BCUT2D eigenvalue weighted by Gasteiger charge is 2.06. The number of oxime groups is 1. The minimum absolute atomic E-state index is 0.0458. The van der Waals surface area contributed by atoms with Gasteiger partial charge in [-0.05, 0) is 30.2 Å². The number of amidine groups is 1. The first kappa shape index (κ1) is 15.0. The van der Waals surface area contributed by atoms with E-state index in [0.29, 0.717) is 12.1 Å². The Kier molecular flexibility index (Phi) is 4.90. The summed E-state index contributed by atoms with van der Waals surface area (Å²) in [7, 11) is 0. The van der Waals surface area contributed by atoms with E-state index < -0.39 is 0 Å². The summed E-state index contributed by atoms with van der Waals surface area (Å²) in [5.74, 6) is -0.146. The van der Waals surface area contributed by atoms with Gasteiger partial charge < -0.3 is 16.3 Å². The van der Waals surface area contributed by atoms with Gasteiger partial charge in [-0.25, -0.2) is 4.39 Å². The highest BCUT2D eigenvalue weighted by atomic mass is 19.1. The van der Waals surface area contributed by atoms with Gasteiger partial charge in [-0.15, -0.1) is 0 Å². The van der Waals surface area contributed by atoms with Gasteiger partial charge in [-0.3, -0.25) is 0 Å². The zero-order chi connectivity index (χ0) is 15.2. The Labute approximate surface area is 123 Å². The maximum Gasteiger partial charge on any atom is 0.170 e. The summed E-state index contributed by atoms with van der Waals surface area (Å²) < 4.78 is 13.2. The van der Waals surface area contributed by atoms with E-state index in [1.54, 1.807) is 18.2 Å². The molecule has 0 spiro atoms. The van der Waals surface area contributed by atoms with Crippen LogP contribution in [0, 0.1) is 5.82 Å². The Balaban J connectivity index is 1.96. The summed E-state index contributed by atoms with van der Waals surface area (Å²) in [6.45, 7) is 2.63. The van der Waals surface area contributed by atoms with E-state index in [0.717, 1.165) is 11.1 Å². The Morgan fingerprint density at radius 3 is 2.62 bits per heavy atom. The number of benzene rings is 2. The molecule has 0 heterocycles. The van der Waals surface area contributed by atoms with Gasteiger partial charge in [0.05, 0.1) is 0 Å². The maximum atomic E-state index is 13.2. The van der Waals surface area contributed by atoms with Crippen molar-refractivity contribution in [2.75, 3.05) is 0 Å². The van der Waals surface area contributed by atoms with Gasteiger partial charge in [-0.1, -0.05) is 41.6 Å². The molecule has 0 saturated heterocycles. The lowest BCUT2D eigenvalue weighted by Crippen LogP contribution is -2.18. The Hall–Kier alpha value is -2.40. The summed E-state index contributed by atoms with van der Waals surface area (Å²) in [4.78, 5) is 0. The third kappa shape index (κ3) is 4.03. The van der Waals surface area contributed by atoms with Gasteiger partial charge in [-0.2, -0.15) is 0 Å². The number of hydrogen-bond acceptors (Lipinski definition) is 3. The molecule has 0 aromatic heterocycles. The van der Waals surface area contributed by atoms with Crippen molar-refractivity contribution in [1.82, 2.24) is 5.32 Å². The van der Waals surface area contributed by atoms with E-state index in [9.17, 15) is 4.39 Å². The van der Waals surface area contributed by atoms with E-state index >= 15 is 0 Å². The third-order valence-corrected chi connectivity index (χ3v) is 3.32. The van der Waals surface area contributed by atoms with E-state index in [2.05, 4.69) is 10.5 Å². The standard InChI is InChI=1S/C16H18FN3O/c1-11(14-3-2-4-15(17)9-14)19-10-12-5-7-13(8-6-12)16(18)20-21/h2-9,11,19,21H,10H2,1H3,(H2,18,20). The predicted molar refractivity (Wildman–Crippen MR) is 80.6 cm³/mol. The molecule has 0 saturated carbocycles. The van der Waals surface area contributed by atoms with Gasteiger partial charge in [0.15, 0.2) is 5.84 Å². The van der Waals surface area contributed by atoms with Crippen LogP contribution in [0.4, 0.5) is 4.39 Å². The monoisotopic (exact) mass is 287 g/mol. The van der Waals surface area contributed by atoms with Gasteiger partial charge in [0.1, 0.15) is 5.82 Å². The van der Waals surface area contributed by atoms with Crippen molar-refractivity contribution >= 4 is 5.84 Å². The van der Waals surface area contributed by atoms with E-state index in [4.69, 9.17) is 10.9 Å². The van der Waals surface area contributed by atoms with Crippen molar-refractivity contribution in [3.05, 3.63) is 71.0 Å². The lowest BCUT2D eigenvalue weighted by molar-refractivity contribution is 0.318. The molecule has 110 valence electrons. The van der Waals surface area contributed by atoms with Gasteiger partial charge in [0.25, 0.3) is 0 Å². The molecule has 0 aliphatic heterocycles. The van der Waals surface area contributed by atoms with Crippen molar-refractivity contribution in [2.24, 2.45) is 10.9 Å². The number of nitrogens with two attached hydrogens (primary N) is 1. The lowest BCUT2D eigenvalue weighted by atomic mass is 10.1. The van der Waals surface area contributed by atoms with Crippen LogP contribution in [0.5, 0.6) is 0 Å². The molecule has 0 radical (unpaired) electrons. The van der Waals surface area contributed by atoms with Gasteiger partial charge in [0, 0.05) is 18.2 Å². The van der Waals surface area contributed by atoms with Crippen LogP contribution < -0.4 is 11.1 Å². The molecule has 0 aliphatic carbocycles. The second-order valence-corrected chi connectivity index (χ2v) is 4.84. The minimum atomic E-state index is -0.232. The minimum Gasteiger partial charge on any atom is -0.409 e. The van der Waals surface area contributed by atoms with E-state index in [1.807, 2.05) is 25.1 Å². The van der Waals surface area contributed by atoms with E-state index in [-0.39, 0.29) is 17.7 Å². The van der Waals surface area contributed by atoms with Crippen LogP contribution in [0.15, 0.2) is 53.7 Å². The number of nitrogens with one attached hydrogen (secondary N) is 1. The molecule has 4 N–H and O–H groups in total. The summed E-state index contributed by atoms with van der Waals surface area (Å²) in [6.07, 6.45) is 0. The lowest BCUT2D eigenvalue weighted by Gasteiger charge is -2.14. The van der Waals surface area contributed by atoms with Crippen LogP contribution in [-0.2, 0) is 6.54 Å². The summed E-state index contributed by atoms with van der Waals surface area (Å²) >= 11 is 0. The molecule has 1 unspecified atom stereocenters. The van der Waals surface area contributed by atoms with Crippen LogP contribution in [0.2, 0.25) is 0 Å². The molecule has 2 rings (SSSR count). The molecule has 0 bridgehead atoms. The number of rotatable bonds is 5. The third-order valence-electron chi connectivity index (χ3n) is 3.32. The summed E-state index contributed by atoms with van der Waals surface area (Å²) in [5, 5.41) is 14.9. The van der Waals surface area contributed by atoms with Crippen molar-refractivity contribution in [3.63, 3.8) is 0 Å². The van der Waals surface area contributed by atoms with Crippen molar-refractivity contribution in [3.8, 4) is 0 Å². The molecule has 0 aliphatic rings. The fourth-order valence-corrected chi connectivity index (χ4v) is 2.02. The Morgan fingerprint density at radius 2 is 2.00 bits per heavy atom. The van der Waals surface area contributed by atoms with Crippen LogP contribution >= 0.6 is 0 Å². The Morgan fingerprint density at radius 1 is 1.29 bits per heavy atom. The number of halogens is 1. The molecule has 4 nitrogen and oxygen atoms in total. The molecule has 21 heavy (non-hydrogen) atoms. The summed E-state index contributed by atoms with van der Waals surface area (Å²) in [6, 6.07) is 14.0. The largest absolute Gasteiger partial charge is 0.409 e. The van der Waals surface area contributed by atoms with Crippen molar-refractivity contribution < 1.29 is 9.60 Å². The smallest absolute Gasteiger partial charge is 0.170 e. The quantitative estimate of drug-likeness (QED) is 0.343. The van der Waals surface area contributed by atoms with Crippen LogP contribution in [0.1, 0.15) is 29.7 Å². The highest BCUT2D eigenvalue weighted by molar-refractivity contribution is 5.96. The molecule has 0 fully saturated rings. The van der Waals surface area contributed by atoms with E-state index in [1.165, 1.54) is 12.1 Å². The molecule has 5 heteroatoms. The Bertz CT molecular complexity index is 626. The topological polar surface area (TPSA) is 70.6 Å². The van der Waals surface area contributed by atoms with Crippen LogP contribution in [0.25, 0.3) is 0 Å². The molecule has 1 atom stereocenters. The molecule has 2 aromatic carbocycles. The average molecular weight is 287 g/mol. The highest BCUT2D eigenvalue weighted by Crippen LogP contribution is 2.14. The molecule has 0 amide bonds. The first-order valence-electron chi connectivity index (χ1n) is 6.66. The second-order valence-electron chi connectivity index (χ2n) is 4.84. The second kappa shape index (κ2) is 6.85. The number of hydrogen-bond donors (Lipinski definition) is 3. The maximum absolute atomic E-state index is 13.2. The fourth-order valence-electron chi connectivity index (χ4n) is 2.02. The fraction of sp³-hybridized carbons (Fsp3) is 0.188. The van der Waals surface area contributed by atoms with Gasteiger partial charge in [0.2, 0.25) is 0 Å². The van der Waals surface area contributed by atoms with Crippen LogP contribution in [0.3, 0.4) is 0 Å². The normalized spacial score (nSPS) is 13.1. The molecular weight excluding hydrogens is 269 g/mol. The average Bonchev–Trinajstić information content (AvgIpc) is 2.52. The van der Waals surface area contributed by atoms with Crippen molar-refractivity contribution in [1.29, 1.82) is 0 Å². The zero-order valence-electron chi connectivity index (χ0n) is 11.8. The predicted octanol–water partition coefficient (Wildman–Crippen LogP) is 2.77.